The lowest BCUT2D eigenvalue weighted by atomic mass is 9.97. The average Bonchev–Trinajstić information content (AvgIpc) is 3.04. The summed E-state index contributed by atoms with van der Waals surface area (Å²) in [6.45, 7) is 5.93. The van der Waals surface area contributed by atoms with E-state index in [4.69, 9.17) is 4.74 Å². The third-order valence-electron chi connectivity index (χ3n) is 5.70. The normalized spacial score (nSPS) is 17.5. The van der Waals surface area contributed by atoms with Crippen LogP contribution in [-0.4, -0.2) is 65.8 Å². The molecule has 1 atom stereocenters. The summed E-state index contributed by atoms with van der Waals surface area (Å²) in [6.07, 6.45) is 3.34. The number of likely N-dealkylation sites (tertiary alicyclic amines) is 1. The number of para-hydroxylation sites is 1. The van der Waals surface area contributed by atoms with Crippen LogP contribution in [0, 0.1) is 12.8 Å². The molecule has 0 saturated carbocycles. The third-order valence-corrected chi connectivity index (χ3v) is 5.70. The Labute approximate surface area is 168 Å². The van der Waals surface area contributed by atoms with E-state index in [0.29, 0.717) is 11.6 Å². The summed E-state index contributed by atoms with van der Waals surface area (Å²) >= 11 is 0. The molecule has 1 aromatic heterocycles. The van der Waals surface area contributed by atoms with E-state index in [1.54, 1.807) is 11.8 Å². The lowest BCUT2D eigenvalue weighted by molar-refractivity contribution is 0.0724. The second-order valence-corrected chi connectivity index (χ2v) is 7.85. The first-order chi connectivity index (χ1) is 13.5. The van der Waals surface area contributed by atoms with Crippen LogP contribution >= 0.6 is 0 Å². The quantitative estimate of drug-likeness (QED) is 0.737. The molecule has 6 nitrogen and oxygen atoms in total. The molecule has 152 valence electrons. The fourth-order valence-electron chi connectivity index (χ4n) is 4.02. The number of hydrogen-bond acceptors (Lipinski definition) is 4. The molecule has 1 fully saturated rings. The Balaban J connectivity index is 1.52. The Hall–Kier alpha value is -2.34. The van der Waals surface area contributed by atoms with E-state index in [9.17, 15) is 4.79 Å². The smallest absolute Gasteiger partial charge is 0.274 e. The molecule has 0 radical (unpaired) electrons. The van der Waals surface area contributed by atoms with Crippen LogP contribution in [0.1, 0.15) is 34.6 Å². The van der Waals surface area contributed by atoms with Crippen LogP contribution in [-0.2, 0) is 13.5 Å². The van der Waals surface area contributed by atoms with Gasteiger partial charge in [-0.25, -0.2) is 0 Å². The molecule has 0 unspecified atom stereocenters. The summed E-state index contributed by atoms with van der Waals surface area (Å²) in [5.41, 5.74) is 2.79. The second kappa shape index (κ2) is 9.24. The van der Waals surface area contributed by atoms with Crippen molar-refractivity contribution in [2.24, 2.45) is 13.0 Å². The zero-order valence-electron chi connectivity index (χ0n) is 17.5. The molecule has 0 bridgehead atoms. The molecule has 0 N–H and O–H groups in total. The Kier molecular flexibility index (Phi) is 6.73. The van der Waals surface area contributed by atoms with Gasteiger partial charge in [-0.15, -0.1) is 0 Å². The predicted octanol–water partition coefficient (Wildman–Crippen LogP) is 2.76. The molecule has 0 spiro atoms. The van der Waals surface area contributed by atoms with Crippen LogP contribution in [0.5, 0.6) is 5.75 Å². The van der Waals surface area contributed by atoms with E-state index in [1.807, 2.05) is 44.1 Å². The highest BCUT2D eigenvalue weighted by molar-refractivity contribution is 5.92. The summed E-state index contributed by atoms with van der Waals surface area (Å²) < 4.78 is 7.22. The van der Waals surface area contributed by atoms with E-state index in [2.05, 4.69) is 22.1 Å². The molecule has 1 aliphatic heterocycles. The van der Waals surface area contributed by atoms with Gasteiger partial charge in [-0.2, -0.15) is 5.10 Å². The van der Waals surface area contributed by atoms with Gasteiger partial charge < -0.3 is 14.5 Å². The van der Waals surface area contributed by atoms with Crippen molar-refractivity contribution in [1.82, 2.24) is 19.6 Å². The standard InChI is InChI=1S/C22H32N4O2/c1-17-14-20(23-25(17)3)22(27)24(2)15-18-8-7-12-26(16-18)13-11-19-9-5-6-10-21(19)28-4/h5-6,9-10,14,18H,7-8,11-13,15-16H2,1-4H3/t18-/m0/s1. The molecular weight excluding hydrogens is 352 g/mol. The number of rotatable bonds is 7. The Morgan fingerprint density at radius 3 is 2.86 bits per heavy atom. The van der Waals surface area contributed by atoms with Crippen LogP contribution in [0.25, 0.3) is 0 Å². The maximum absolute atomic E-state index is 12.7. The molecule has 6 heteroatoms. The summed E-state index contributed by atoms with van der Waals surface area (Å²) in [6, 6.07) is 10.1. The molecular formula is C22H32N4O2. The van der Waals surface area contributed by atoms with Crippen LogP contribution in [0.2, 0.25) is 0 Å². The number of piperidine rings is 1. The number of hydrogen-bond donors (Lipinski definition) is 0. The number of benzene rings is 1. The zero-order valence-corrected chi connectivity index (χ0v) is 17.5. The fraction of sp³-hybridized carbons (Fsp3) is 0.545. The van der Waals surface area contributed by atoms with Crippen molar-refractivity contribution in [2.45, 2.75) is 26.2 Å². The van der Waals surface area contributed by atoms with E-state index < -0.39 is 0 Å². The van der Waals surface area contributed by atoms with Gasteiger partial charge in [0.25, 0.3) is 5.91 Å². The van der Waals surface area contributed by atoms with Crippen LogP contribution in [0.3, 0.4) is 0 Å². The summed E-state index contributed by atoms with van der Waals surface area (Å²) in [5.74, 6) is 1.48. The largest absolute Gasteiger partial charge is 0.496 e. The average molecular weight is 385 g/mol. The maximum atomic E-state index is 12.7. The van der Waals surface area contributed by atoms with Gasteiger partial charge in [0.1, 0.15) is 5.75 Å². The Morgan fingerprint density at radius 2 is 2.14 bits per heavy atom. The maximum Gasteiger partial charge on any atom is 0.274 e. The summed E-state index contributed by atoms with van der Waals surface area (Å²) in [7, 11) is 5.48. The van der Waals surface area contributed by atoms with Crippen molar-refractivity contribution in [3.63, 3.8) is 0 Å². The Bertz CT molecular complexity index is 782. The highest BCUT2D eigenvalue weighted by atomic mass is 16.5. The molecule has 2 aromatic rings. The van der Waals surface area contributed by atoms with Crippen molar-refractivity contribution < 1.29 is 9.53 Å². The number of carbonyl (C=O) groups excluding carboxylic acids is 1. The van der Waals surface area contributed by atoms with Crippen molar-refractivity contribution in [3.8, 4) is 5.75 Å². The van der Waals surface area contributed by atoms with Gasteiger partial charge in [-0.05, 0) is 56.3 Å². The van der Waals surface area contributed by atoms with Crippen molar-refractivity contribution >= 4 is 5.91 Å². The number of nitrogens with zero attached hydrogens (tertiary/aromatic N) is 4. The first kappa shape index (κ1) is 20.4. The second-order valence-electron chi connectivity index (χ2n) is 7.85. The predicted molar refractivity (Wildman–Crippen MR) is 111 cm³/mol. The number of aryl methyl sites for hydroxylation is 2. The molecule has 3 rings (SSSR count). The first-order valence-electron chi connectivity index (χ1n) is 10.1. The summed E-state index contributed by atoms with van der Waals surface area (Å²) in [4.78, 5) is 17.0. The highest BCUT2D eigenvalue weighted by Gasteiger charge is 2.24. The van der Waals surface area contributed by atoms with Crippen LogP contribution in [0.15, 0.2) is 30.3 Å². The minimum Gasteiger partial charge on any atom is -0.496 e. The lowest BCUT2D eigenvalue weighted by Gasteiger charge is -2.34. The van der Waals surface area contributed by atoms with Gasteiger partial charge >= 0.3 is 0 Å². The van der Waals surface area contributed by atoms with Gasteiger partial charge in [0.2, 0.25) is 0 Å². The van der Waals surface area contributed by atoms with E-state index >= 15 is 0 Å². The van der Waals surface area contributed by atoms with Gasteiger partial charge in [0, 0.05) is 39.4 Å². The zero-order chi connectivity index (χ0) is 20.1. The van der Waals surface area contributed by atoms with Gasteiger partial charge in [0.05, 0.1) is 7.11 Å². The van der Waals surface area contributed by atoms with Gasteiger partial charge in [-0.3, -0.25) is 9.48 Å². The minimum absolute atomic E-state index is 0.00912. The molecule has 28 heavy (non-hydrogen) atoms. The van der Waals surface area contributed by atoms with Crippen molar-refractivity contribution in [3.05, 3.63) is 47.3 Å². The van der Waals surface area contributed by atoms with Crippen LogP contribution < -0.4 is 4.74 Å². The number of amides is 1. The van der Waals surface area contributed by atoms with Gasteiger partial charge in [-0.1, -0.05) is 18.2 Å². The lowest BCUT2D eigenvalue weighted by Crippen LogP contribution is -2.42. The molecule has 1 saturated heterocycles. The number of ether oxygens (including phenoxy) is 1. The number of aromatic nitrogens is 2. The number of methoxy groups -OCH3 is 1. The highest BCUT2D eigenvalue weighted by Crippen LogP contribution is 2.21. The number of carbonyl (C=O) groups is 1. The monoisotopic (exact) mass is 384 g/mol. The van der Waals surface area contributed by atoms with Crippen LogP contribution in [0.4, 0.5) is 0 Å². The molecule has 0 aliphatic carbocycles. The third kappa shape index (κ3) is 4.93. The molecule has 1 aliphatic rings. The molecule has 2 heterocycles. The first-order valence-corrected chi connectivity index (χ1v) is 10.1. The molecule has 1 aromatic carbocycles. The molecule has 1 amide bonds. The SMILES string of the molecule is COc1ccccc1CCN1CCC[C@@H](CN(C)C(=O)c2cc(C)n(C)n2)C1. The van der Waals surface area contributed by atoms with Gasteiger partial charge in [0.15, 0.2) is 5.69 Å². The Morgan fingerprint density at radius 1 is 1.36 bits per heavy atom. The van der Waals surface area contributed by atoms with E-state index in [0.717, 1.165) is 44.0 Å². The van der Waals surface area contributed by atoms with Crippen molar-refractivity contribution in [2.75, 3.05) is 40.3 Å². The van der Waals surface area contributed by atoms with E-state index in [-0.39, 0.29) is 5.91 Å². The summed E-state index contributed by atoms with van der Waals surface area (Å²) in [5, 5.41) is 4.32. The fourth-order valence-corrected chi connectivity index (χ4v) is 4.02. The minimum atomic E-state index is 0.00912. The topological polar surface area (TPSA) is 50.6 Å². The van der Waals surface area contributed by atoms with E-state index in [1.165, 1.54) is 18.4 Å². The van der Waals surface area contributed by atoms with Crippen molar-refractivity contribution in [1.29, 1.82) is 0 Å².